The van der Waals surface area contributed by atoms with E-state index in [1.54, 1.807) is 37.3 Å². The molecule has 0 aliphatic carbocycles. The number of ether oxygens (including phenoxy) is 3. The summed E-state index contributed by atoms with van der Waals surface area (Å²) in [4.78, 5) is 30.1. The summed E-state index contributed by atoms with van der Waals surface area (Å²) in [5.74, 6) is -0.501. The number of hydrogen-bond acceptors (Lipinski definition) is 6. The molecule has 0 radical (unpaired) electrons. The van der Waals surface area contributed by atoms with E-state index in [1.165, 1.54) is 11.7 Å². The standard InChI is InChI=1S/C19H20N2O5/c1-4-25-18(23)14-11-10-12(2)26-16-15(14)17(22)21(19(20-16)24-3)13-8-6-5-7-9-13/h5-9,11-12H,4,10H2,1-3H3. The van der Waals surface area contributed by atoms with Gasteiger partial charge in [0.2, 0.25) is 5.88 Å². The fourth-order valence-corrected chi connectivity index (χ4v) is 2.76. The van der Waals surface area contributed by atoms with Crippen LogP contribution in [-0.4, -0.2) is 35.3 Å². The third-order valence-corrected chi connectivity index (χ3v) is 3.95. The van der Waals surface area contributed by atoms with Crippen molar-refractivity contribution in [3.8, 4) is 17.6 Å². The molecule has 2 heterocycles. The van der Waals surface area contributed by atoms with Crippen molar-refractivity contribution in [1.82, 2.24) is 9.55 Å². The molecule has 0 fully saturated rings. The first-order chi connectivity index (χ1) is 12.6. The summed E-state index contributed by atoms with van der Waals surface area (Å²) in [5, 5.41) is 0. The zero-order chi connectivity index (χ0) is 18.7. The summed E-state index contributed by atoms with van der Waals surface area (Å²) in [6, 6.07) is 9.03. The number of nitrogens with zero attached hydrogens (tertiary/aromatic N) is 2. The van der Waals surface area contributed by atoms with E-state index in [4.69, 9.17) is 14.2 Å². The highest BCUT2D eigenvalue weighted by molar-refractivity contribution is 6.17. The van der Waals surface area contributed by atoms with Crippen molar-refractivity contribution < 1.29 is 19.0 Å². The lowest BCUT2D eigenvalue weighted by atomic mass is 10.1. The van der Waals surface area contributed by atoms with Gasteiger partial charge in [-0.15, -0.1) is 0 Å². The highest BCUT2D eigenvalue weighted by Gasteiger charge is 2.29. The van der Waals surface area contributed by atoms with Crippen LogP contribution in [0, 0.1) is 0 Å². The average molecular weight is 356 g/mol. The van der Waals surface area contributed by atoms with Gasteiger partial charge in [-0.2, -0.15) is 4.98 Å². The Labute approximate surface area is 150 Å². The Kier molecular flexibility index (Phi) is 5.06. The van der Waals surface area contributed by atoms with Gasteiger partial charge in [0, 0.05) is 6.42 Å². The van der Waals surface area contributed by atoms with Gasteiger partial charge >= 0.3 is 12.0 Å². The van der Waals surface area contributed by atoms with E-state index in [2.05, 4.69) is 4.98 Å². The van der Waals surface area contributed by atoms with Crippen molar-refractivity contribution in [3.63, 3.8) is 0 Å². The monoisotopic (exact) mass is 356 g/mol. The first-order valence-corrected chi connectivity index (χ1v) is 8.37. The van der Waals surface area contributed by atoms with Crippen molar-refractivity contribution in [2.24, 2.45) is 0 Å². The maximum Gasteiger partial charge on any atom is 0.338 e. The maximum atomic E-state index is 13.3. The number of esters is 1. The molecule has 7 heteroatoms. The number of aromatic nitrogens is 2. The molecule has 1 aromatic heterocycles. The van der Waals surface area contributed by atoms with Crippen molar-refractivity contribution >= 4 is 11.5 Å². The fourth-order valence-electron chi connectivity index (χ4n) is 2.76. The second-order valence-corrected chi connectivity index (χ2v) is 5.76. The highest BCUT2D eigenvalue weighted by atomic mass is 16.5. The molecule has 0 amide bonds. The van der Waals surface area contributed by atoms with Gasteiger partial charge < -0.3 is 14.2 Å². The predicted octanol–water partition coefficient (Wildman–Crippen LogP) is 2.36. The number of hydrogen-bond donors (Lipinski definition) is 0. The second-order valence-electron chi connectivity index (χ2n) is 5.76. The molecular formula is C19H20N2O5. The summed E-state index contributed by atoms with van der Waals surface area (Å²) < 4.78 is 17.5. The van der Waals surface area contributed by atoms with E-state index >= 15 is 0 Å². The molecule has 0 spiro atoms. The van der Waals surface area contributed by atoms with Gasteiger partial charge in [-0.05, 0) is 26.0 Å². The molecule has 1 unspecified atom stereocenters. The summed E-state index contributed by atoms with van der Waals surface area (Å²) in [6.45, 7) is 3.76. The van der Waals surface area contributed by atoms with Crippen LogP contribution in [0.4, 0.5) is 0 Å². The molecule has 7 nitrogen and oxygen atoms in total. The highest BCUT2D eigenvalue weighted by Crippen LogP contribution is 2.30. The van der Waals surface area contributed by atoms with Crippen LogP contribution >= 0.6 is 0 Å². The zero-order valence-corrected chi connectivity index (χ0v) is 14.9. The van der Waals surface area contributed by atoms with Crippen LogP contribution in [-0.2, 0) is 9.53 Å². The van der Waals surface area contributed by atoms with Crippen molar-refractivity contribution in [2.75, 3.05) is 13.7 Å². The lowest BCUT2D eigenvalue weighted by Crippen LogP contribution is -2.27. The molecule has 1 aliphatic rings. The van der Waals surface area contributed by atoms with E-state index in [-0.39, 0.29) is 35.7 Å². The smallest absolute Gasteiger partial charge is 0.338 e. The third kappa shape index (κ3) is 3.20. The Morgan fingerprint density at radius 3 is 2.73 bits per heavy atom. The Morgan fingerprint density at radius 2 is 2.08 bits per heavy atom. The van der Waals surface area contributed by atoms with Crippen LogP contribution in [0.1, 0.15) is 25.8 Å². The molecule has 26 heavy (non-hydrogen) atoms. The third-order valence-electron chi connectivity index (χ3n) is 3.95. The second kappa shape index (κ2) is 7.43. The number of carbonyl (C=O) groups is 1. The molecule has 1 aromatic carbocycles. The van der Waals surface area contributed by atoms with Gasteiger partial charge in [-0.3, -0.25) is 4.79 Å². The van der Waals surface area contributed by atoms with Crippen LogP contribution in [0.5, 0.6) is 11.9 Å². The van der Waals surface area contributed by atoms with E-state index < -0.39 is 11.5 Å². The number of benzene rings is 1. The number of fused-ring (bicyclic) bond motifs is 1. The van der Waals surface area contributed by atoms with Gasteiger partial charge in [0.15, 0.2) is 0 Å². The minimum Gasteiger partial charge on any atom is -0.474 e. The topological polar surface area (TPSA) is 79.7 Å². The van der Waals surface area contributed by atoms with Crippen LogP contribution in [0.3, 0.4) is 0 Å². The summed E-state index contributed by atoms with van der Waals surface area (Å²) in [7, 11) is 1.43. The van der Waals surface area contributed by atoms with Gasteiger partial charge in [-0.1, -0.05) is 24.3 Å². The number of carbonyl (C=O) groups excluding carboxylic acids is 1. The zero-order valence-electron chi connectivity index (χ0n) is 14.9. The SMILES string of the molecule is CCOC(=O)C1=CCC(C)Oc2nc(OC)n(-c3ccccc3)c(=O)c21. The van der Waals surface area contributed by atoms with Crippen LogP contribution in [0.15, 0.2) is 41.2 Å². The van der Waals surface area contributed by atoms with Gasteiger partial charge in [0.05, 0.1) is 25.0 Å². The Balaban J connectivity index is 2.29. The van der Waals surface area contributed by atoms with Crippen LogP contribution in [0.25, 0.3) is 11.3 Å². The lowest BCUT2D eigenvalue weighted by molar-refractivity contribution is -0.136. The largest absolute Gasteiger partial charge is 0.474 e. The van der Waals surface area contributed by atoms with E-state index in [0.29, 0.717) is 12.1 Å². The Morgan fingerprint density at radius 1 is 1.35 bits per heavy atom. The van der Waals surface area contributed by atoms with Gasteiger partial charge in [0.1, 0.15) is 11.7 Å². The number of para-hydroxylation sites is 1. The van der Waals surface area contributed by atoms with Crippen molar-refractivity contribution in [3.05, 3.63) is 52.3 Å². The summed E-state index contributed by atoms with van der Waals surface area (Å²) >= 11 is 0. The molecule has 1 atom stereocenters. The molecule has 136 valence electrons. The van der Waals surface area contributed by atoms with Crippen molar-refractivity contribution in [1.29, 1.82) is 0 Å². The molecule has 0 saturated heterocycles. The Hall–Kier alpha value is -3.09. The van der Waals surface area contributed by atoms with Crippen molar-refractivity contribution in [2.45, 2.75) is 26.4 Å². The quantitative estimate of drug-likeness (QED) is 0.783. The van der Waals surface area contributed by atoms with Gasteiger partial charge in [0.25, 0.3) is 5.56 Å². The number of rotatable bonds is 4. The van der Waals surface area contributed by atoms with Crippen LogP contribution < -0.4 is 15.0 Å². The number of methoxy groups -OCH3 is 1. The lowest BCUT2D eigenvalue weighted by Gasteiger charge is -2.17. The minimum atomic E-state index is -0.574. The summed E-state index contributed by atoms with van der Waals surface area (Å²) in [5.41, 5.74) is 0.366. The Bertz CT molecular complexity index is 902. The molecular weight excluding hydrogens is 336 g/mol. The first-order valence-electron chi connectivity index (χ1n) is 8.37. The van der Waals surface area contributed by atoms with Gasteiger partial charge in [-0.25, -0.2) is 9.36 Å². The average Bonchev–Trinajstić information content (AvgIpc) is 2.81. The summed E-state index contributed by atoms with van der Waals surface area (Å²) in [6.07, 6.45) is 1.88. The normalized spacial score (nSPS) is 16.0. The molecule has 0 N–H and O–H groups in total. The van der Waals surface area contributed by atoms with E-state index in [1.807, 2.05) is 13.0 Å². The minimum absolute atomic E-state index is 0.0725. The predicted molar refractivity (Wildman–Crippen MR) is 95.7 cm³/mol. The molecule has 0 bridgehead atoms. The van der Waals surface area contributed by atoms with Crippen LogP contribution in [0.2, 0.25) is 0 Å². The molecule has 3 rings (SSSR count). The molecule has 2 aromatic rings. The maximum absolute atomic E-state index is 13.3. The fraction of sp³-hybridized carbons (Fsp3) is 0.316. The van der Waals surface area contributed by atoms with E-state index in [9.17, 15) is 9.59 Å². The molecule has 0 saturated carbocycles. The molecule has 1 aliphatic heterocycles. The first kappa shape index (κ1) is 17.7. The van der Waals surface area contributed by atoms with E-state index in [0.717, 1.165) is 0 Å².